The first kappa shape index (κ1) is 30.4. The highest BCUT2D eigenvalue weighted by Crippen LogP contribution is 2.40. The number of para-hydroxylation sites is 1. The monoisotopic (exact) mass is 635 g/mol. The third-order valence-electron chi connectivity index (χ3n) is 9.74. The van der Waals surface area contributed by atoms with Crippen LogP contribution in [0.25, 0.3) is 71.3 Å². The van der Waals surface area contributed by atoms with E-state index in [1.807, 2.05) is 60.7 Å². The summed E-state index contributed by atoms with van der Waals surface area (Å²) < 4.78 is 12.8. The molecule has 0 unspecified atom stereocenters. The number of hydrogen-bond acceptors (Lipinski definition) is 6. The van der Waals surface area contributed by atoms with Crippen LogP contribution in [-0.2, 0) is 9.31 Å². The van der Waals surface area contributed by atoms with Crippen molar-refractivity contribution in [3.63, 3.8) is 0 Å². The lowest BCUT2D eigenvalue weighted by Crippen LogP contribution is -2.41. The van der Waals surface area contributed by atoms with Gasteiger partial charge in [-0.3, -0.25) is 0 Å². The lowest BCUT2D eigenvalue weighted by atomic mass is 9.78. The van der Waals surface area contributed by atoms with Gasteiger partial charge in [0.05, 0.1) is 63.0 Å². The lowest BCUT2D eigenvalue weighted by molar-refractivity contribution is 0.00578. The van der Waals surface area contributed by atoms with E-state index in [2.05, 4.69) is 62.9 Å². The van der Waals surface area contributed by atoms with Gasteiger partial charge in [0.2, 0.25) is 0 Å². The molecule has 49 heavy (non-hydrogen) atoms. The molecule has 7 nitrogen and oxygen atoms in total. The maximum atomic E-state index is 9.46. The number of aromatic nitrogens is 3. The van der Waals surface area contributed by atoms with Crippen molar-refractivity contribution in [2.24, 2.45) is 0 Å². The van der Waals surface area contributed by atoms with Crippen molar-refractivity contribution < 1.29 is 9.31 Å². The molecular formula is C41H30BN5O2. The molecule has 0 N–H and O–H groups in total. The van der Waals surface area contributed by atoms with Gasteiger partial charge in [0.25, 0.3) is 0 Å². The average molecular weight is 636 g/mol. The number of pyridine rings is 1. The predicted octanol–water partition coefficient (Wildman–Crippen LogP) is 9.05. The minimum Gasteiger partial charge on any atom is -0.399 e. The highest BCUT2D eigenvalue weighted by atomic mass is 16.7. The molecule has 1 aliphatic rings. The van der Waals surface area contributed by atoms with Crippen molar-refractivity contribution in [2.75, 3.05) is 0 Å². The molecule has 1 fully saturated rings. The molecule has 7 aromatic rings. The Balaban J connectivity index is 1.38. The van der Waals surface area contributed by atoms with Crippen LogP contribution < -0.4 is 5.46 Å². The second kappa shape index (κ2) is 11.4. The van der Waals surface area contributed by atoms with Crippen LogP contribution in [0, 0.1) is 17.9 Å². The molecule has 8 rings (SSSR count). The minimum absolute atomic E-state index is 0.455. The lowest BCUT2D eigenvalue weighted by Gasteiger charge is -2.32. The van der Waals surface area contributed by atoms with E-state index in [0.717, 1.165) is 60.6 Å². The molecule has 5 aromatic carbocycles. The molecule has 0 amide bonds. The third-order valence-corrected chi connectivity index (χ3v) is 9.74. The van der Waals surface area contributed by atoms with Gasteiger partial charge >= 0.3 is 7.12 Å². The molecule has 234 valence electrons. The van der Waals surface area contributed by atoms with Crippen LogP contribution in [0.2, 0.25) is 0 Å². The summed E-state index contributed by atoms with van der Waals surface area (Å²) in [6.07, 6.45) is 0. The zero-order valence-electron chi connectivity index (χ0n) is 27.5. The second-order valence-electron chi connectivity index (χ2n) is 13.3. The Bertz CT molecular complexity index is 2520. The molecule has 0 aliphatic carbocycles. The van der Waals surface area contributed by atoms with E-state index in [-0.39, 0.29) is 0 Å². The first-order chi connectivity index (χ1) is 23.7. The largest absolute Gasteiger partial charge is 0.494 e. The smallest absolute Gasteiger partial charge is 0.399 e. The molecule has 0 saturated carbocycles. The number of benzene rings is 5. The zero-order chi connectivity index (χ0) is 33.9. The van der Waals surface area contributed by atoms with Crippen LogP contribution in [-0.4, -0.2) is 33.3 Å². The maximum absolute atomic E-state index is 9.46. The Morgan fingerprint density at radius 1 is 0.653 bits per heavy atom. The Labute approximate surface area is 284 Å². The average Bonchev–Trinajstić information content (AvgIpc) is 3.36. The van der Waals surface area contributed by atoms with Crippen molar-refractivity contribution >= 4 is 51.0 Å². The van der Waals surface area contributed by atoms with Gasteiger partial charge < -0.3 is 9.31 Å². The van der Waals surface area contributed by atoms with Crippen LogP contribution in [0.1, 0.15) is 33.3 Å². The molecule has 0 radical (unpaired) electrons. The number of nitrogens with zero attached hydrogens (tertiary/aromatic N) is 5. The summed E-state index contributed by atoms with van der Waals surface area (Å²) in [7, 11) is -0.499. The standard InChI is InChI=1S/C41H30BN5O2/c1-40(2)41(3,4)49-42(48-40)29-10-8-9-28(23-29)36-32-21-22-34-39(35(32)31-11-6-7-12-33(31)45-36)47-38(26-15-13-25(24-43)14-16-26)37(46-34)27-17-19-30(44-5)20-18-27/h6-23H,1-4H3. The van der Waals surface area contributed by atoms with E-state index in [9.17, 15) is 5.26 Å². The Kier molecular flexibility index (Phi) is 7.05. The van der Waals surface area contributed by atoms with Crippen LogP contribution in [0.15, 0.2) is 109 Å². The molecule has 1 aliphatic heterocycles. The highest BCUT2D eigenvalue weighted by Gasteiger charge is 2.51. The molecule has 3 heterocycles. The van der Waals surface area contributed by atoms with Crippen molar-refractivity contribution in [1.82, 2.24) is 15.0 Å². The van der Waals surface area contributed by atoms with Crippen molar-refractivity contribution in [2.45, 2.75) is 38.9 Å². The predicted molar refractivity (Wildman–Crippen MR) is 195 cm³/mol. The molecule has 0 atom stereocenters. The SMILES string of the molecule is [C-]#[N+]c1ccc(-c2nc3ccc4c(-c5cccc(B6OC(C)(C)C(C)(C)O6)c5)nc5ccccc5c4c3nc2-c2ccc(C#N)cc2)cc1. The third kappa shape index (κ3) is 5.10. The van der Waals surface area contributed by atoms with E-state index in [1.165, 1.54) is 0 Å². The fraction of sp³-hybridized carbons (Fsp3) is 0.146. The van der Waals surface area contributed by atoms with Crippen LogP contribution in [0.4, 0.5) is 5.69 Å². The van der Waals surface area contributed by atoms with Gasteiger partial charge in [-0.05, 0) is 69.1 Å². The van der Waals surface area contributed by atoms with Gasteiger partial charge in [-0.1, -0.05) is 78.9 Å². The Morgan fingerprint density at radius 2 is 1.31 bits per heavy atom. The van der Waals surface area contributed by atoms with Gasteiger partial charge in [-0.2, -0.15) is 5.26 Å². The van der Waals surface area contributed by atoms with E-state index in [0.29, 0.717) is 22.6 Å². The summed E-state index contributed by atoms with van der Waals surface area (Å²) >= 11 is 0. The van der Waals surface area contributed by atoms with Crippen LogP contribution in [0.3, 0.4) is 0 Å². The van der Waals surface area contributed by atoms with Crippen molar-refractivity contribution in [1.29, 1.82) is 5.26 Å². The zero-order valence-corrected chi connectivity index (χ0v) is 27.5. The van der Waals surface area contributed by atoms with Crippen LogP contribution >= 0.6 is 0 Å². The number of fused-ring (bicyclic) bond motifs is 5. The number of nitriles is 1. The Hall–Kier alpha value is -5.93. The van der Waals surface area contributed by atoms with E-state index in [1.54, 1.807) is 24.3 Å². The highest BCUT2D eigenvalue weighted by molar-refractivity contribution is 6.62. The number of hydrogen-bond donors (Lipinski definition) is 0. The van der Waals surface area contributed by atoms with E-state index in [4.69, 9.17) is 30.8 Å². The number of rotatable bonds is 4. The summed E-state index contributed by atoms with van der Waals surface area (Å²) in [6, 6.07) is 37.4. The summed E-state index contributed by atoms with van der Waals surface area (Å²) in [5, 5.41) is 12.3. The summed E-state index contributed by atoms with van der Waals surface area (Å²) in [6.45, 7) is 15.6. The summed E-state index contributed by atoms with van der Waals surface area (Å²) in [5.41, 5.74) is 8.31. The molecule has 8 heteroatoms. The van der Waals surface area contributed by atoms with Crippen LogP contribution in [0.5, 0.6) is 0 Å². The molecule has 2 aromatic heterocycles. The summed E-state index contributed by atoms with van der Waals surface area (Å²) in [5.74, 6) is 0. The first-order valence-corrected chi connectivity index (χ1v) is 16.1. The van der Waals surface area contributed by atoms with Crippen molar-refractivity contribution in [3.05, 3.63) is 126 Å². The minimum atomic E-state index is -0.499. The second-order valence-corrected chi connectivity index (χ2v) is 13.3. The van der Waals surface area contributed by atoms with Gasteiger partial charge in [-0.25, -0.2) is 19.8 Å². The van der Waals surface area contributed by atoms with E-state index < -0.39 is 18.3 Å². The normalized spacial score (nSPS) is 15.0. The Morgan fingerprint density at radius 3 is 2.00 bits per heavy atom. The van der Waals surface area contributed by atoms with Gasteiger partial charge in [-0.15, -0.1) is 0 Å². The topological polar surface area (TPSA) is 85.3 Å². The quantitative estimate of drug-likeness (QED) is 0.109. The molecule has 1 saturated heterocycles. The van der Waals surface area contributed by atoms with Gasteiger partial charge in [0, 0.05) is 27.3 Å². The van der Waals surface area contributed by atoms with Crippen molar-refractivity contribution in [3.8, 4) is 39.8 Å². The maximum Gasteiger partial charge on any atom is 0.494 e. The van der Waals surface area contributed by atoms with E-state index >= 15 is 0 Å². The van der Waals surface area contributed by atoms with Gasteiger partial charge in [0.15, 0.2) is 5.69 Å². The molecule has 0 spiro atoms. The fourth-order valence-corrected chi connectivity index (χ4v) is 6.39. The summed E-state index contributed by atoms with van der Waals surface area (Å²) in [4.78, 5) is 19.3. The molecular weight excluding hydrogens is 605 g/mol. The molecule has 0 bridgehead atoms. The van der Waals surface area contributed by atoms with Gasteiger partial charge in [0.1, 0.15) is 0 Å². The first-order valence-electron chi connectivity index (χ1n) is 16.1. The fourth-order valence-electron chi connectivity index (χ4n) is 6.39.